The Morgan fingerprint density at radius 1 is 1.14 bits per heavy atom. The fraction of sp³-hybridized carbons (Fsp3) is 0.250. The van der Waals surface area contributed by atoms with Gasteiger partial charge in [0.25, 0.3) is 0 Å². The molecule has 0 unspecified atom stereocenters. The summed E-state index contributed by atoms with van der Waals surface area (Å²) in [7, 11) is 0. The number of aromatic nitrogens is 1. The molecule has 0 atom stereocenters. The standard InChI is InChI=1S/C16H13F2N3/c17-12-5-6-15(13(18)8-12)21-16-11(9-19)7-10-3-1-2-4-14(10)20-16/h5-8H,1-4H2,(H,20,21). The third-order valence-electron chi connectivity index (χ3n) is 3.61. The predicted molar refractivity (Wildman–Crippen MR) is 75.2 cm³/mol. The maximum atomic E-state index is 13.7. The van der Waals surface area contributed by atoms with Gasteiger partial charge in [-0.2, -0.15) is 5.26 Å². The molecule has 106 valence electrons. The van der Waals surface area contributed by atoms with Crippen LogP contribution in [0.25, 0.3) is 0 Å². The fourth-order valence-electron chi connectivity index (χ4n) is 2.53. The minimum atomic E-state index is -0.710. The van der Waals surface area contributed by atoms with Crippen molar-refractivity contribution in [2.24, 2.45) is 0 Å². The molecule has 0 saturated heterocycles. The van der Waals surface area contributed by atoms with Crippen LogP contribution in [0.5, 0.6) is 0 Å². The molecule has 5 heteroatoms. The smallest absolute Gasteiger partial charge is 0.149 e. The van der Waals surface area contributed by atoms with E-state index in [1.54, 1.807) is 0 Å². The van der Waals surface area contributed by atoms with Crippen LogP contribution >= 0.6 is 0 Å². The van der Waals surface area contributed by atoms with Crippen LogP contribution in [0.2, 0.25) is 0 Å². The van der Waals surface area contributed by atoms with Crippen molar-refractivity contribution < 1.29 is 8.78 Å². The molecule has 0 radical (unpaired) electrons. The van der Waals surface area contributed by atoms with Crippen molar-refractivity contribution in [2.75, 3.05) is 5.32 Å². The van der Waals surface area contributed by atoms with Gasteiger partial charge in [-0.05, 0) is 49.4 Å². The topological polar surface area (TPSA) is 48.7 Å². The molecule has 0 amide bonds. The summed E-state index contributed by atoms with van der Waals surface area (Å²) in [5.41, 5.74) is 2.52. The summed E-state index contributed by atoms with van der Waals surface area (Å²) in [6.07, 6.45) is 3.94. The Bertz CT molecular complexity index is 735. The first-order valence-corrected chi connectivity index (χ1v) is 6.82. The number of rotatable bonds is 2. The van der Waals surface area contributed by atoms with Crippen molar-refractivity contribution in [1.82, 2.24) is 4.98 Å². The molecule has 3 nitrogen and oxygen atoms in total. The number of fused-ring (bicyclic) bond motifs is 1. The minimum absolute atomic E-state index is 0.108. The summed E-state index contributed by atoms with van der Waals surface area (Å²) in [6.45, 7) is 0. The van der Waals surface area contributed by atoms with E-state index < -0.39 is 11.6 Å². The Morgan fingerprint density at radius 3 is 2.71 bits per heavy atom. The average molecular weight is 285 g/mol. The molecule has 0 fully saturated rings. The van der Waals surface area contributed by atoms with Crippen molar-refractivity contribution in [3.05, 3.63) is 52.7 Å². The predicted octanol–water partition coefficient (Wildman–Crippen LogP) is 3.85. The second kappa shape index (κ2) is 5.49. The highest BCUT2D eigenvalue weighted by molar-refractivity contribution is 5.64. The molecule has 3 rings (SSSR count). The number of pyridine rings is 1. The van der Waals surface area contributed by atoms with E-state index in [-0.39, 0.29) is 5.69 Å². The van der Waals surface area contributed by atoms with E-state index in [0.717, 1.165) is 49.1 Å². The molecule has 1 N–H and O–H groups in total. The number of halogens is 2. The van der Waals surface area contributed by atoms with Gasteiger partial charge in [-0.15, -0.1) is 0 Å². The Balaban J connectivity index is 1.99. The van der Waals surface area contributed by atoms with Crippen LogP contribution < -0.4 is 5.32 Å². The molecule has 0 spiro atoms. The maximum absolute atomic E-state index is 13.7. The van der Waals surface area contributed by atoms with E-state index in [1.165, 1.54) is 6.07 Å². The zero-order chi connectivity index (χ0) is 14.8. The number of nitrogens with one attached hydrogen (secondary N) is 1. The lowest BCUT2D eigenvalue weighted by Gasteiger charge is -2.17. The zero-order valence-electron chi connectivity index (χ0n) is 11.3. The number of anilines is 2. The molecule has 0 saturated carbocycles. The molecule has 2 aromatic rings. The summed E-state index contributed by atoms with van der Waals surface area (Å²) in [4.78, 5) is 4.45. The van der Waals surface area contributed by atoms with Crippen LogP contribution in [0.3, 0.4) is 0 Å². The maximum Gasteiger partial charge on any atom is 0.149 e. The number of hydrogen-bond donors (Lipinski definition) is 1. The van der Waals surface area contributed by atoms with Crippen molar-refractivity contribution in [3.63, 3.8) is 0 Å². The summed E-state index contributed by atoms with van der Waals surface area (Å²) in [6, 6.07) is 7.15. The van der Waals surface area contributed by atoms with Crippen molar-refractivity contribution >= 4 is 11.5 Å². The van der Waals surface area contributed by atoms with E-state index in [2.05, 4.69) is 16.4 Å². The van der Waals surface area contributed by atoms with Crippen LogP contribution in [0, 0.1) is 23.0 Å². The van der Waals surface area contributed by atoms with Crippen LogP contribution in [0.15, 0.2) is 24.3 Å². The highest BCUT2D eigenvalue weighted by Gasteiger charge is 2.16. The molecular weight excluding hydrogens is 272 g/mol. The molecule has 1 aromatic heterocycles. The molecule has 1 heterocycles. The molecule has 0 aliphatic heterocycles. The highest BCUT2D eigenvalue weighted by Crippen LogP contribution is 2.27. The second-order valence-electron chi connectivity index (χ2n) is 5.06. The summed E-state index contributed by atoms with van der Waals surface area (Å²) in [5.74, 6) is -1.03. The lowest BCUT2D eigenvalue weighted by molar-refractivity contribution is 0.586. The molecular formula is C16H13F2N3. The number of benzene rings is 1. The quantitative estimate of drug-likeness (QED) is 0.911. The normalized spacial score (nSPS) is 13.4. The van der Waals surface area contributed by atoms with Gasteiger partial charge in [-0.1, -0.05) is 0 Å². The van der Waals surface area contributed by atoms with E-state index in [0.29, 0.717) is 11.4 Å². The lowest BCUT2D eigenvalue weighted by Crippen LogP contribution is -2.09. The average Bonchev–Trinajstić information content (AvgIpc) is 2.49. The Kier molecular flexibility index (Phi) is 3.53. The fourth-order valence-corrected chi connectivity index (χ4v) is 2.53. The van der Waals surface area contributed by atoms with Gasteiger partial charge in [0.05, 0.1) is 11.3 Å². The van der Waals surface area contributed by atoms with E-state index >= 15 is 0 Å². The Morgan fingerprint density at radius 2 is 1.95 bits per heavy atom. The van der Waals surface area contributed by atoms with Gasteiger partial charge in [0.2, 0.25) is 0 Å². The van der Waals surface area contributed by atoms with Crippen LogP contribution in [0.1, 0.15) is 29.7 Å². The van der Waals surface area contributed by atoms with Crippen molar-refractivity contribution in [3.8, 4) is 6.07 Å². The first-order chi connectivity index (χ1) is 10.2. The van der Waals surface area contributed by atoms with Gasteiger partial charge in [0, 0.05) is 11.8 Å². The van der Waals surface area contributed by atoms with Crippen LogP contribution in [0.4, 0.5) is 20.3 Å². The number of aryl methyl sites for hydroxylation is 2. The SMILES string of the molecule is N#Cc1cc2c(nc1Nc1ccc(F)cc1F)CCCC2. The second-order valence-corrected chi connectivity index (χ2v) is 5.06. The van der Waals surface area contributed by atoms with Crippen LogP contribution in [-0.4, -0.2) is 4.98 Å². The third kappa shape index (κ3) is 2.70. The molecule has 0 bridgehead atoms. The first kappa shape index (κ1) is 13.5. The largest absolute Gasteiger partial charge is 0.337 e. The lowest BCUT2D eigenvalue weighted by atomic mass is 9.95. The van der Waals surface area contributed by atoms with Gasteiger partial charge < -0.3 is 5.32 Å². The number of hydrogen-bond acceptors (Lipinski definition) is 3. The highest BCUT2D eigenvalue weighted by atomic mass is 19.1. The van der Waals surface area contributed by atoms with Crippen molar-refractivity contribution in [1.29, 1.82) is 5.26 Å². The van der Waals surface area contributed by atoms with Crippen molar-refractivity contribution in [2.45, 2.75) is 25.7 Å². The van der Waals surface area contributed by atoms with Gasteiger partial charge in [0.1, 0.15) is 23.5 Å². The molecule has 1 aliphatic carbocycles. The summed E-state index contributed by atoms with van der Waals surface area (Å²) in [5, 5.41) is 12.0. The first-order valence-electron chi connectivity index (χ1n) is 6.82. The van der Waals surface area contributed by atoms with Gasteiger partial charge >= 0.3 is 0 Å². The number of nitriles is 1. The van der Waals surface area contributed by atoms with E-state index in [1.807, 2.05) is 6.07 Å². The van der Waals surface area contributed by atoms with Gasteiger partial charge in [-0.3, -0.25) is 0 Å². The minimum Gasteiger partial charge on any atom is -0.337 e. The van der Waals surface area contributed by atoms with E-state index in [9.17, 15) is 14.0 Å². The third-order valence-corrected chi connectivity index (χ3v) is 3.61. The van der Waals surface area contributed by atoms with E-state index in [4.69, 9.17) is 0 Å². The van der Waals surface area contributed by atoms with Gasteiger partial charge in [-0.25, -0.2) is 13.8 Å². The Labute approximate surface area is 121 Å². The summed E-state index contributed by atoms with van der Waals surface area (Å²) < 4.78 is 26.6. The number of nitrogens with zero attached hydrogens (tertiary/aromatic N) is 2. The molecule has 21 heavy (non-hydrogen) atoms. The zero-order valence-corrected chi connectivity index (χ0v) is 11.3. The monoisotopic (exact) mass is 285 g/mol. The Hall–Kier alpha value is -2.48. The molecule has 1 aromatic carbocycles. The molecule has 1 aliphatic rings. The summed E-state index contributed by atoms with van der Waals surface area (Å²) >= 11 is 0. The van der Waals surface area contributed by atoms with Crippen LogP contribution in [-0.2, 0) is 12.8 Å². The van der Waals surface area contributed by atoms with Gasteiger partial charge in [0.15, 0.2) is 0 Å².